The van der Waals surface area contributed by atoms with Crippen LogP contribution in [-0.4, -0.2) is 12.3 Å². The van der Waals surface area contributed by atoms with E-state index in [0.717, 1.165) is 37.1 Å². The number of rotatable bonds is 6. The van der Waals surface area contributed by atoms with Crippen molar-refractivity contribution < 1.29 is 14.3 Å². The van der Waals surface area contributed by atoms with Crippen LogP contribution < -0.4 is 0 Å². The number of ether oxygens (including phenoxy) is 1. The summed E-state index contributed by atoms with van der Waals surface area (Å²) in [7, 11) is 0. The maximum atomic E-state index is 9.77. The highest BCUT2D eigenvalue weighted by Gasteiger charge is 2.43. The van der Waals surface area contributed by atoms with Crippen LogP contribution in [0.25, 0.3) is 0 Å². The Kier molecular flexibility index (Phi) is 9.09. The maximum Gasteiger partial charge on any atom is 0.373 e. The van der Waals surface area contributed by atoms with Crippen LogP contribution in [0.3, 0.4) is 0 Å². The molecule has 0 aliphatic heterocycles. The van der Waals surface area contributed by atoms with Crippen LogP contribution >= 0.6 is 11.6 Å². The zero-order valence-electron chi connectivity index (χ0n) is 16.6. The van der Waals surface area contributed by atoms with Crippen LogP contribution in [0.2, 0.25) is 5.02 Å². The van der Waals surface area contributed by atoms with Crippen molar-refractivity contribution in [3.8, 4) is 6.07 Å². The van der Waals surface area contributed by atoms with Crippen molar-refractivity contribution in [3.05, 3.63) is 70.7 Å². The minimum absolute atomic E-state index is 0.0266. The van der Waals surface area contributed by atoms with E-state index >= 15 is 0 Å². The third-order valence-electron chi connectivity index (χ3n) is 5.80. The number of nitrogens with zero attached hydrogens (tertiary/aromatic N) is 1. The van der Waals surface area contributed by atoms with Gasteiger partial charge in [-0.15, -0.1) is 0 Å². The van der Waals surface area contributed by atoms with Gasteiger partial charge in [-0.25, -0.2) is 0 Å². The Labute approximate surface area is 177 Å². The van der Waals surface area contributed by atoms with E-state index in [0.29, 0.717) is 6.61 Å². The van der Waals surface area contributed by atoms with Gasteiger partial charge in [0.1, 0.15) is 0 Å². The van der Waals surface area contributed by atoms with Crippen molar-refractivity contribution in [2.45, 2.75) is 57.2 Å². The molecule has 1 saturated carbocycles. The molecule has 0 saturated heterocycles. The molecule has 1 unspecified atom stereocenters. The number of benzene rings is 2. The molecule has 3 rings (SSSR count). The van der Waals surface area contributed by atoms with Crippen molar-refractivity contribution in [2.75, 3.05) is 0 Å². The van der Waals surface area contributed by atoms with Crippen molar-refractivity contribution in [3.63, 3.8) is 0 Å². The van der Waals surface area contributed by atoms with E-state index in [1.807, 2.05) is 30.3 Å². The number of halogens is 1. The summed E-state index contributed by atoms with van der Waals surface area (Å²) in [5.74, 6) is 0.0266. The highest BCUT2D eigenvalue weighted by molar-refractivity contribution is 6.30. The second-order valence-corrected chi connectivity index (χ2v) is 7.77. The van der Waals surface area contributed by atoms with Gasteiger partial charge in [0.15, 0.2) is 0 Å². The Bertz CT molecular complexity index is 815. The summed E-state index contributed by atoms with van der Waals surface area (Å²) in [6.07, 6.45) is 5.35. The van der Waals surface area contributed by atoms with Gasteiger partial charge in [0, 0.05) is 10.4 Å². The van der Waals surface area contributed by atoms with Gasteiger partial charge >= 0.3 is 6.15 Å². The average molecular weight is 412 g/mol. The summed E-state index contributed by atoms with van der Waals surface area (Å²) >= 11 is 6.08. The first-order valence-corrected chi connectivity index (χ1v) is 10.3. The Morgan fingerprint density at radius 1 is 1.10 bits per heavy atom. The lowest BCUT2D eigenvalue weighted by molar-refractivity contribution is -0.191. The topological polar surface area (TPSA) is 67.2 Å². The number of hydrogen-bond donors (Lipinski definition) is 0. The molecule has 2 aromatic rings. The van der Waals surface area contributed by atoms with Gasteiger partial charge in [-0.3, -0.25) is 0 Å². The standard InChI is InChI=1S/C23H26ClNO.CO2/c1-2-19(16-25)23(20-8-10-21(24)11-9-20)14-12-22(13-15-23)26-17-18-6-4-3-5-7-18;2-1-3/h3-11,19,22H,2,12-15,17H2,1H3;. The first-order chi connectivity index (χ1) is 14.1. The molecule has 1 atom stereocenters. The largest absolute Gasteiger partial charge is 0.374 e. The first kappa shape index (κ1) is 22.8. The molecule has 5 heteroatoms. The lowest BCUT2D eigenvalue weighted by Crippen LogP contribution is -2.40. The van der Waals surface area contributed by atoms with Crippen molar-refractivity contribution in [2.24, 2.45) is 5.92 Å². The van der Waals surface area contributed by atoms with E-state index in [1.165, 1.54) is 11.1 Å². The molecular weight excluding hydrogens is 386 g/mol. The fraction of sp³-hybridized carbons (Fsp3) is 0.417. The predicted octanol–water partition coefficient (Wildman–Crippen LogP) is 5.70. The van der Waals surface area contributed by atoms with Crippen molar-refractivity contribution in [1.29, 1.82) is 5.26 Å². The third kappa shape index (κ3) is 6.02. The van der Waals surface area contributed by atoms with Gasteiger partial charge in [-0.05, 0) is 55.4 Å². The average Bonchev–Trinajstić information content (AvgIpc) is 2.76. The van der Waals surface area contributed by atoms with Crippen LogP contribution in [0.5, 0.6) is 0 Å². The minimum Gasteiger partial charge on any atom is -0.374 e. The monoisotopic (exact) mass is 411 g/mol. The molecule has 0 heterocycles. The summed E-state index contributed by atoms with van der Waals surface area (Å²) in [4.78, 5) is 16.2. The van der Waals surface area contributed by atoms with E-state index in [4.69, 9.17) is 25.9 Å². The highest BCUT2D eigenvalue weighted by atomic mass is 35.5. The van der Waals surface area contributed by atoms with E-state index < -0.39 is 0 Å². The van der Waals surface area contributed by atoms with E-state index in [2.05, 4.69) is 37.3 Å². The van der Waals surface area contributed by atoms with Crippen LogP contribution in [0.4, 0.5) is 0 Å². The van der Waals surface area contributed by atoms with E-state index in [1.54, 1.807) is 0 Å². The Morgan fingerprint density at radius 2 is 1.69 bits per heavy atom. The van der Waals surface area contributed by atoms with Crippen LogP contribution in [-0.2, 0) is 26.3 Å². The van der Waals surface area contributed by atoms with Gasteiger partial charge in [-0.2, -0.15) is 14.9 Å². The van der Waals surface area contributed by atoms with Gasteiger partial charge < -0.3 is 4.74 Å². The van der Waals surface area contributed by atoms with Crippen molar-refractivity contribution in [1.82, 2.24) is 0 Å². The predicted molar refractivity (Wildman–Crippen MR) is 111 cm³/mol. The quantitative estimate of drug-likeness (QED) is 0.611. The summed E-state index contributed by atoms with van der Waals surface area (Å²) in [5.41, 5.74) is 2.38. The highest BCUT2D eigenvalue weighted by Crippen LogP contribution is 2.47. The molecule has 0 aromatic heterocycles. The molecule has 1 fully saturated rings. The Morgan fingerprint density at radius 3 is 2.21 bits per heavy atom. The van der Waals surface area contributed by atoms with Gasteiger partial charge in [0.05, 0.1) is 24.7 Å². The van der Waals surface area contributed by atoms with E-state index in [9.17, 15) is 5.26 Å². The summed E-state index contributed by atoms with van der Waals surface area (Å²) in [5, 5.41) is 10.5. The van der Waals surface area contributed by atoms with Gasteiger partial charge in [0.25, 0.3) is 0 Å². The van der Waals surface area contributed by atoms with Crippen LogP contribution in [0, 0.1) is 17.2 Å². The Balaban J connectivity index is 0.000000941. The molecule has 0 spiro atoms. The molecule has 152 valence electrons. The molecular formula is C24H26ClNO3. The Hall–Kier alpha value is -2.44. The number of carbonyl (C=O) groups excluding carboxylic acids is 2. The molecule has 2 aromatic carbocycles. The first-order valence-electron chi connectivity index (χ1n) is 9.90. The molecule has 1 aliphatic carbocycles. The SMILES string of the molecule is CCC(C#N)C1(c2ccc(Cl)cc2)CCC(OCc2ccccc2)CC1.O=C=O. The molecule has 0 radical (unpaired) electrons. The maximum absolute atomic E-state index is 9.77. The van der Waals surface area contributed by atoms with E-state index in [-0.39, 0.29) is 23.6 Å². The van der Waals surface area contributed by atoms with Crippen LogP contribution in [0.15, 0.2) is 54.6 Å². The molecule has 0 bridgehead atoms. The summed E-state index contributed by atoms with van der Waals surface area (Å²) in [6, 6.07) is 21.0. The summed E-state index contributed by atoms with van der Waals surface area (Å²) < 4.78 is 6.16. The van der Waals surface area contributed by atoms with Gasteiger partial charge in [0.2, 0.25) is 0 Å². The second-order valence-electron chi connectivity index (χ2n) is 7.33. The smallest absolute Gasteiger partial charge is 0.373 e. The van der Waals surface area contributed by atoms with Crippen LogP contribution in [0.1, 0.15) is 50.2 Å². The molecule has 4 nitrogen and oxygen atoms in total. The fourth-order valence-electron chi connectivity index (χ4n) is 4.29. The van der Waals surface area contributed by atoms with Gasteiger partial charge in [-0.1, -0.05) is 61.0 Å². The lowest BCUT2D eigenvalue weighted by atomic mass is 9.61. The zero-order valence-corrected chi connectivity index (χ0v) is 17.4. The minimum atomic E-state index is -0.0826. The normalized spacial score (nSPS) is 21.8. The molecule has 0 N–H and O–H groups in total. The third-order valence-corrected chi connectivity index (χ3v) is 6.06. The molecule has 1 aliphatic rings. The fourth-order valence-corrected chi connectivity index (χ4v) is 4.41. The molecule has 0 amide bonds. The number of nitriles is 1. The second kappa shape index (κ2) is 11.5. The summed E-state index contributed by atoms with van der Waals surface area (Å²) in [6.45, 7) is 2.78. The van der Waals surface area contributed by atoms with Crippen molar-refractivity contribution >= 4 is 17.8 Å². The molecule has 29 heavy (non-hydrogen) atoms. The zero-order chi connectivity index (χ0) is 21.1. The number of hydrogen-bond acceptors (Lipinski definition) is 4. The lowest BCUT2D eigenvalue weighted by Gasteiger charge is -2.43.